The molecule has 0 aliphatic heterocycles. The first-order valence-corrected chi connectivity index (χ1v) is 18.8. The normalized spacial score (nSPS) is 17.2. The van der Waals surface area contributed by atoms with Gasteiger partial charge in [0.15, 0.2) is 11.4 Å². The van der Waals surface area contributed by atoms with E-state index in [0.29, 0.717) is 48.2 Å². The Balaban J connectivity index is 1.02. The van der Waals surface area contributed by atoms with Gasteiger partial charge in [-0.25, -0.2) is 0 Å². The Kier molecular flexibility index (Phi) is 13.1. The lowest BCUT2D eigenvalue weighted by atomic mass is 9.91. The van der Waals surface area contributed by atoms with Gasteiger partial charge in [-0.05, 0) is 116 Å². The second kappa shape index (κ2) is 17.4. The number of thiophene rings is 2. The van der Waals surface area contributed by atoms with E-state index in [9.17, 15) is 20.1 Å². The van der Waals surface area contributed by atoms with E-state index < -0.39 is 11.7 Å². The van der Waals surface area contributed by atoms with Crippen LogP contribution in [-0.4, -0.2) is 64.9 Å². The summed E-state index contributed by atoms with van der Waals surface area (Å²) in [7, 11) is 2.14. The van der Waals surface area contributed by atoms with Gasteiger partial charge in [0, 0.05) is 35.4 Å². The highest BCUT2D eigenvalue weighted by atomic mass is 32.1. The highest BCUT2D eigenvalue weighted by molar-refractivity contribution is 7.11. The van der Waals surface area contributed by atoms with Crippen LogP contribution < -0.4 is 10.1 Å². The van der Waals surface area contributed by atoms with Gasteiger partial charge in [0.2, 0.25) is 0 Å². The molecular formula is C40H48N2O6S2. The first-order valence-electron chi connectivity index (χ1n) is 17.0. The SMILES string of the molecule is C=C(OC1CCC(N(C)CCOc2ccc(CNC[C@H](O)c3ccc(O)c(C)c3/C=C\C(C)=O)cc2)CC1)C(O)(c1cccs1)c1cccs1. The number of benzene rings is 2. The number of aliphatic hydroxyl groups excluding tert-OH is 1. The summed E-state index contributed by atoms with van der Waals surface area (Å²) in [5, 5.41) is 40.0. The lowest BCUT2D eigenvalue weighted by molar-refractivity contribution is -0.112. The van der Waals surface area contributed by atoms with Gasteiger partial charge in [0.25, 0.3) is 0 Å². The van der Waals surface area contributed by atoms with Crippen LogP contribution in [0.5, 0.6) is 11.5 Å². The minimum absolute atomic E-state index is 0.0236. The molecule has 0 amide bonds. The van der Waals surface area contributed by atoms with Crippen molar-refractivity contribution in [2.45, 2.75) is 69.9 Å². The van der Waals surface area contributed by atoms with Crippen molar-refractivity contribution in [1.29, 1.82) is 0 Å². The van der Waals surface area contributed by atoms with Crippen molar-refractivity contribution >= 4 is 34.5 Å². The molecule has 50 heavy (non-hydrogen) atoms. The zero-order valence-electron chi connectivity index (χ0n) is 29.0. The van der Waals surface area contributed by atoms with Crippen molar-refractivity contribution in [3.63, 3.8) is 0 Å². The van der Waals surface area contributed by atoms with Crippen LogP contribution in [0.4, 0.5) is 0 Å². The smallest absolute Gasteiger partial charge is 0.190 e. The van der Waals surface area contributed by atoms with Crippen molar-refractivity contribution in [1.82, 2.24) is 10.2 Å². The third-order valence-electron chi connectivity index (χ3n) is 9.40. The standard InChI is InChI=1S/C40H48N2O6S2/c1-27(43)9-18-34-28(2)36(44)20-19-35(34)37(45)26-41-25-30-10-14-32(15-11-30)47-22-21-42(4)31-12-16-33(17-13-31)48-29(3)40(46,38-7-5-23-49-38)39-8-6-24-50-39/h5-11,14-15,18-20,23-24,31,33,37,41,44-46H,3,12-13,16-17,21-22,25-26H2,1-2,4H3/b18-9-/t31?,33?,37-/m0/s1. The Hall–Kier alpha value is -3.77. The van der Waals surface area contributed by atoms with E-state index in [1.54, 1.807) is 25.1 Å². The molecule has 2 heterocycles. The van der Waals surface area contributed by atoms with Crippen LogP contribution >= 0.6 is 22.7 Å². The van der Waals surface area contributed by atoms with Crippen LogP contribution in [0.3, 0.4) is 0 Å². The number of hydrogen-bond acceptors (Lipinski definition) is 10. The topological polar surface area (TPSA) is 111 Å². The number of phenolic OH excluding ortho intramolecular Hbond substituents is 1. The van der Waals surface area contributed by atoms with E-state index in [0.717, 1.165) is 53.3 Å². The van der Waals surface area contributed by atoms with Crippen LogP contribution in [-0.2, 0) is 21.7 Å². The highest BCUT2D eigenvalue weighted by Gasteiger charge is 2.40. The predicted molar refractivity (Wildman–Crippen MR) is 202 cm³/mol. The third-order valence-corrected chi connectivity index (χ3v) is 11.4. The van der Waals surface area contributed by atoms with Gasteiger partial charge in [-0.15, -0.1) is 22.7 Å². The molecule has 4 aromatic rings. The number of allylic oxidation sites excluding steroid dienone is 1. The number of aromatic hydroxyl groups is 1. The molecule has 1 saturated carbocycles. The summed E-state index contributed by atoms with van der Waals surface area (Å²) in [5.41, 5.74) is 1.65. The molecular weight excluding hydrogens is 669 g/mol. The highest BCUT2D eigenvalue weighted by Crippen LogP contribution is 2.42. The quantitative estimate of drug-likeness (QED) is 0.0664. The Morgan fingerprint density at radius 1 is 1.06 bits per heavy atom. The predicted octanol–water partition coefficient (Wildman–Crippen LogP) is 7.34. The molecule has 10 heteroatoms. The van der Waals surface area contributed by atoms with Gasteiger partial charge in [-0.1, -0.05) is 43.0 Å². The largest absolute Gasteiger partial charge is 0.508 e. The molecule has 8 nitrogen and oxygen atoms in total. The van der Waals surface area contributed by atoms with E-state index in [1.807, 2.05) is 59.3 Å². The number of ether oxygens (including phenoxy) is 2. The van der Waals surface area contributed by atoms with Crippen molar-refractivity contribution in [2.75, 3.05) is 26.7 Å². The summed E-state index contributed by atoms with van der Waals surface area (Å²) < 4.78 is 12.4. The molecule has 266 valence electrons. The molecule has 0 bridgehead atoms. The maximum atomic E-state index is 11.8. The molecule has 0 saturated heterocycles. The summed E-state index contributed by atoms with van der Waals surface area (Å²) in [6, 6.07) is 19.4. The molecule has 2 aromatic heterocycles. The molecule has 2 aromatic carbocycles. The van der Waals surface area contributed by atoms with Gasteiger partial charge in [0.1, 0.15) is 23.9 Å². The fraction of sp³-hybridized carbons (Fsp3) is 0.375. The monoisotopic (exact) mass is 716 g/mol. The van der Waals surface area contributed by atoms with Crippen LogP contribution in [0.1, 0.15) is 70.7 Å². The number of nitrogens with one attached hydrogen (secondary N) is 1. The number of phenols is 1. The molecule has 1 aliphatic rings. The zero-order chi connectivity index (χ0) is 35.7. The van der Waals surface area contributed by atoms with E-state index in [1.165, 1.54) is 35.7 Å². The zero-order valence-corrected chi connectivity index (χ0v) is 30.6. The number of nitrogens with zero attached hydrogens (tertiary/aromatic N) is 1. The van der Waals surface area contributed by atoms with Gasteiger partial charge in [-0.3, -0.25) is 4.79 Å². The first-order chi connectivity index (χ1) is 24.1. The number of likely N-dealkylation sites (N-methyl/N-ethyl adjacent to an activating group) is 1. The lowest BCUT2D eigenvalue weighted by Crippen LogP contribution is -2.40. The molecule has 0 unspecified atom stereocenters. The molecule has 1 aliphatic carbocycles. The van der Waals surface area contributed by atoms with Crippen molar-refractivity contribution in [3.8, 4) is 11.5 Å². The molecule has 4 N–H and O–H groups in total. The minimum atomic E-state index is -1.33. The van der Waals surface area contributed by atoms with Gasteiger partial charge >= 0.3 is 0 Å². The Labute approximate surface area is 303 Å². The Bertz CT molecular complexity index is 1680. The molecule has 5 rings (SSSR count). The van der Waals surface area contributed by atoms with Crippen molar-refractivity contribution in [2.24, 2.45) is 0 Å². The fourth-order valence-electron chi connectivity index (χ4n) is 6.36. The summed E-state index contributed by atoms with van der Waals surface area (Å²) >= 11 is 3.01. The summed E-state index contributed by atoms with van der Waals surface area (Å²) in [6.07, 6.45) is 6.11. The minimum Gasteiger partial charge on any atom is -0.508 e. The van der Waals surface area contributed by atoms with Crippen molar-refractivity contribution < 1.29 is 29.6 Å². The number of aliphatic hydroxyl groups is 2. The first kappa shape index (κ1) is 37.5. The van der Waals surface area contributed by atoms with Crippen LogP contribution in [0.2, 0.25) is 0 Å². The fourth-order valence-corrected chi connectivity index (χ4v) is 8.14. The average molecular weight is 717 g/mol. The third kappa shape index (κ3) is 9.31. The number of hydrogen-bond donors (Lipinski definition) is 4. The number of rotatable bonds is 17. The van der Waals surface area contributed by atoms with E-state index in [4.69, 9.17) is 9.47 Å². The Morgan fingerprint density at radius 2 is 1.72 bits per heavy atom. The van der Waals surface area contributed by atoms with Crippen LogP contribution in [0.25, 0.3) is 6.08 Å². The number of carbonyl (C=O) groups excluding carboxylic acids is 1. The summed E-state index contributed by atoms with van der Waals surface area (Å²) in [6.45, 7) is 9.69. The molecule has 0 radical (unpaired) electrons. The Morgan fingerprint density at radius 3 is 2.32 bits per heavy atom. The molecule has 0 spiro atoms. The van der Waals surface area contributed by atoms with E-state index in [-0.39, 0.29) is 17.6 Å². The second-order valence-corrected chi connectivity index (χ2v) is 14.8. The van der Waals surface area contributed by atoms with Gasteiger partial charge < -0.3 is 35.0 Å². The molecule has 1 atom stereocenters. The maximum Gasteiger partial charge on any atom is 0.190 e. The van der Waals surface area contributed by atoms with Crippen molar-refractivity contribution in [3.05, 3.63) is 122 Å². The van der Waals surface area contributed by atoms with Crippen LogP contribution in [0.15, 0.2) is 89.8 Å². The number of carbonyl (C=O) groups is 1. The number of ketones is 1. The van der Waals surface area contributed by atoms with E-state index >= 15 is 0 Å². The second-order valence-electron chi connectivity index (χ2n) is 12.9. The van der Waals surface area contributed by atoms with Crippen LogP contribution in [0, 0.1) is 6.92 Å². The van der Waals surface area contributed by atoms with Gasteiger partial charge in [-0.2, -0.15) is 0 Å². The lowest BCUT2D eigenvalue weighted by Gasteiger charge is -2.37. The summed E-state index contributed by atoms with van der Waals surface area (Å²) in [5.74, 6) is 1.22. The van der Waals surface area contributed by atoms with Gasteiger partial charge in [0.05, 0.1) is 12.2 Å². The average Bonchev–Trinajstić information content (AvgIpc) is 3.86. The maximum absolute atomic E-state index is 11.8. The molecule has 1 fully saturated rings. The summed E-state index contributed by atoms with van der Waals surface area (Å²) in [4.78, 5) is 15.5. The van der Waals surface area contributed by atoms with E-state index in [2.05, 4.69) is 23.8 Å².